The van der Waals surface area contributed by atoms with Crippen molar-refractivity contribution < 1.29 is 14.3 Å². The van der Waals surface area contributed by atoms with Gasteiger partial charge in [0.1, 0.15) is 0 Å². The first-order chi connectivity index (χ1) is 5.06. The molecule has 0 aromatic heterocycles. The van der Waals surface area contributed by atoms with Crippen LogP contribution in [0.3, 0.4) is 0 Å². The van der Waals surface area contributed by atoms with E-state index >= 15 is 0 Å². The van der Waals surface area contributed by atoms with E-state index in [4.69, 9.17) is 9.47 Å². The van der Waals surface area contributed by atoms with Crippen molar-refractivity contribution >= 4 is 5.97 Å². The van der Waals surface area contributed by atoms with Crippen molar-refractivity contribution in [3.8, 4) is 0 Å². The first-order valence-electron chi connectivity index (χ1n) is 3.49. The minimum absolute atomic E-state index is 0.0802. The molecule has 0 radical (unpaired) electrons. The van der Waals surface area contributed by atoms with Gasteiger partial charge in [0, 0.05) is 0 Å². The van der Waals surface area contributed by atoms with Gasteiger partial charge < -0.3 is 9.47 Å². The lowest BCUT2D eigenvalue weighted by Gasteiger charge is -2.04. The number of carbonyl (C=O) groups excluding carboxylic acids is 1. The number of rotatable bonds is 3. The molecule has 0 fully saturated rings. The Balaban J connectivity index is 3.86. The molecule has 0 aliphatic rings. The SMILES string of the molecule is CO/C(C)=C\C(=O)OC(C)C. The molecule has 3 nitrogen and oxygen atoms in total. The molecule has 0 saturated heterocycles. The summed E-state index contributed by atoms with van der Waals surface area (Å²) in [5.74, 6) is 0.190. The Morgan fingerprint density at radius 1 is 1.45 bits per heavy atom. The highest BCUT2D eigenvalue weighted by Crippen LogP contribution is 1.96. The van der Waals surface area contributed by atoms with Gasteiger partial charge >= 0.3 is 5.97 Å². The van der Waals surface area contributed by atoms with E-state index in [0.717, 1.165) is 0 Å². The van der Waals surface area contributed by atoms with E-state index in [-0.39, 0.29) is 12.1 Å². The molecule has 0 N–H and O–H groups in total. The summed E-state index contributed by atoms with van der Waals surface area (Å²) < 4.78 is 9.59. The molecule has 0 heterocycles. The predicted octanol–water partition coefficient (Wildman–Crippen LogP) is 1.49. The van der Waals surface area contributed by atoms with Crippen LogP contribution in [0.25, 0.3) is 0 Å². The molecule has 0 saturated carbocycles. The van der Waals surface area contributed by atoms with Crippen LogP contribution in [-0.2, 0) is 14.3 Å². The van der Waals surface area contributed by atoms with E-state index in [0.29, 0.717) is 5.76 Å². The van der Waals surface area contributed by atoms with Crippen LogP contribution in [0.1, 0.15) is 20.8 Å². The third-order valence-corrected chi connectivity index (χ3v) is 0.995. The third kappa shape index (κ3) is 5.45. The Kier molecular flexibility index (Phi) is 4.34. The summed E-state index contributed by atoms with van der Waals surface area (Å²) in [6.45, 7) is 5.29. The normalized spacial score (nSPS) is 11.5. The van der Waals surface area contributed by atoms with E-state index in [1.54, 1.807) is 20.8 Å². The maximum atomic E-state index is 10.8. The number of esters is 1. The molecule has 0 unspecified atom stereocenters. The van der Waals surface area contributed by atoms with Gasteiger partial charge in [-0.25, -0.2) is 4.79 Å². The van der Waals surface area contributed by atoms with E-state index in [1.807, 2.05) is 0 Å². The van der Waals surface area contributed by atoms with Gasteiger partial charge in [0.15, 0.2) is 0 Å². The fraction of sp³-hybridized carbons (Fsp3) is 0.625. The first kappa shape index (κ1) is 10.0. The Morgan fingerprint density at radius 2 is 2.00 bits per heavy atom. The summed E-state index contributed by atoms with van der Waals surface area (Å²) >= 11 is 0. The lowest BCUT2D eigenvalue weighted by Crippen LogP contribution is -2.09. The maximum Gasteiger partial charge on any atom is 0.334 e. The molecule has 0 amide bonds. The van der Waals surface area contributed by atoms with Crippen LogP contribution < -0.4 is 0 Å². The molecule has 0 aliphatic heterocycles. The van der Waals surface area contributed by atoms with Gasteiger partial charge in [-0.05, 0) is 20.8 Å². The van der Waals surface area contributed by atoms with Crippen LogP contribution in [0.5, 0.6) is 0 Å². The third-order valence-electron chi connectivity index (χ3n) is 0.995. The van der Waals surface area contributed by atoms with Gasteiger partial charge in [-0.1, -0.05) is 0 Å². The minimum atomic E-state index is -0.362. The summed E-state index contributed by atoms with van der Waals surface area (Å²) in [6.07, 6.45) is 1.24. The van der Waals surface area contributed by atoms with Crippen molar-refractivity contribution in [3.05, 3.63) is 11.8 Å². The van der Waals surface area contributed by atoms with Gasteiger partial charge in [-0.15, -0.1) is 0 Å². The maximum absolute atomic E-state index is 10.8. The average molecular weight is 158 g/mol. The van der Waals surface area contributed by atoms with Crippen LogP contribution in [0, 0.1) is 0 Å². The molecule has 0 rings (SSSR count). The number of methoxy groups -OCH3 is 1. The molecule has 64 valence electrons. The van der Waals surface area contributed by atoms with Gasteiger partial charge in [0.2, 0.25) is 0 Å². The highest BCUT2D eigenvalue weighted by molar-refractivity contribution is 5.82. The van der Waals surface area contributed by atoms with Crippen molar-refractivity contribution in [2.24, 2.45) is 0 Å². The summed E-state index contributed by atoms with van der Waals surface area (Å²) in [4.78, 5) is 10.8. The highest BCUT2D eigenvalue weighted by atomic mass is 16.5. The number of carbonyl (C=O) groups is 1. The van der Waals surface area contributed by atoms with E-state index in [2.05, 4.69) is 0 Å². The zero-order chi connectivity index (χ0) is 8.85. The summed E-state index contributed by atoms with van der Waals surface area (Å²) in [6, 6.07) is 0. The zero-order valence-corrected chi connectivity index (χ0v) is 7.38. The molecule has 0 bridgehead atoms. The number of allylic oxidation sites excluding steroid dienone is 1. The lowest BCUT2D eigenvalue weighted by atomic mass is 10.4. The largest absolute Gasteiger partial charge is 0.501 e. The van der Waals surface area contributed by atoms with E-state index in [9.17, 15) is 4.79 Å². The molecule has 0 aliphatic carbocycles. The second-order valence-electron chi connectivity index (χ2n) is 2.44. The smallest absolute Gasteiger partial charge is 0.334 e. The Bertz CT molecular complexity index is 159. The summed E-state index contributed by atoms with van der Waals surface area (Å²) in [7, 11) is 1.51. The molecular weight excluding hydrogens is 144 g/mol. The van der Waals surface area contributed by atoms with Crippen LogP contribution in [0.15, 0.2) is 11.8 Å². The second kappa shape index (κ2) is 4.77. The quantitative estimate of drug-likeness (QED) is 0.354. The van der Waals surface area contributed by atoms with Gasteiger partial charge in [-0.3, -0.25) is 0 Å². The minimum Gasteiger partial charge on any atom is -0.501 e. The number of ether oxygens (including phenoxy) is 2. The van der Waals surface area contributed by atoms with Gasteiger partial charge in [-0.2, -0.15) is 0 Å². The summed E-state index contributed by atoms with van der Waals surface area (Å²) in [5.41, 5.74) is 0. The monoisotopic (exact) mass is 158 g/mol. The van der Waals surface area contributed by atoms with Crippen LogP contribution in [0.4, 0.5) is 0 Å². The van der Waals surface area contributed by atoms with Crippen LogP contribution in [0.2, 0.25) is 0 Å². The van der Waals surface area contributed by atoms with Crippen molar-refractivity contribution in [1.82, 2.24) is 0 Å². The van der Waals surface area contributed by atoms with E-state index < -0.39 is 0 Å². The zero-order valence-electron chi connectivity index (χ0n) is 7.38. The predicted molar refractivity (Wildman–Crippen MR) is 42.0 cm³/mol. The highest BCUT2D eigenvalue weighted by Gasteiger charge is 2.01. The molecule has 0 aromatic carbocycles. The average Bonchev–Trinajstić information content (AvgIpc) is 1.85. The first-order valence-corrected chi connectivity index (χ1v) is 3.49. The van der Waals surface area contributed by atoms with Gasteiger partial charge in [0.05, 0.1) is 25.0 Å². The van der Waals surface area contributed by atoms with Crippen molar-refractivity contribution in [1.29, 1.82) is 0 Å². The fourth-order valence-corrected chi connectivity index (χ4v) is 0.491. The fourth-order valence-electron chi connectivity index (χ4n) is 0.491. The standard InChI is InChI=1S/C8H14O3/c1-6(2)11-8(9)5-7(3)10-4/h5-6H,1-4H3/b7-5-. The van der Waals surface area contributed by atoms with Crippen molar-refractivity contribution in [3.63, 3.8) is 0 Å². The van der Waals surface area contributed by atoms with E-state index in [1.165, 1.54) is 13.2 Å². The van der Waals surface area contributed by atoms with Crippen LogP contribution in [-0.4, -0.2) is 19.2 Å². The molecular formula is C8H14O3. The number of hydrogen-bond acceptors (Lipinski definition) is 3. The Labute approximate surface area is 67.0 Å². The van der Waals surface area contributed by atoms with Gasteiger partial charge in [0.25, 0.3) is 0 Å². The molecule has 11 heavy (non-hydrogen) atoms. The lowest BCUT2D eigenvalue weighted by molar-refractivity contribution is -0.141. The van der Waals surface area contributed by atoms with Crippen molar-refractivity contribution in [2.45, 2.75) is 26.9 Å². The Morgan fingerprint density at radius 3 is 2.36 bits per heavy atom. The molecule has 0 aromatic rings. The topological polar surface area (TPSA) is 35.5 Å². The molecule has 0 atom stereocenters. The van der Waals surface area contributed by atoms with Crippen LogP contribution >= 0.6 is 0 Å². The second-order valence-corrected chi connectivity index (χ2v) is 2.44. The van der Waals surface area contributed by atoms with Crippen molar-refractivity contribution in [2.75, 3.05) is 7.11 Å². The summed E-state index contributed by atoms with van der Waals surface area (Å²) in [5, 5.41) is 0. The molecule has 3 heteroatoms. The Hall–Kier alpha value is -0.990. The molecule has 0 spiro atoms. The number of hydrogen-bond donors (Lipinski definition) is 0.